The third kappa shape index (κ3) is 4.57. The number of ether oxygens (including phenoxy) is 1. The lowest BCUT2D eigenvalue weighted by Gasteiger charge is -2.33. The van der Waals surface area contributed by atoms with Crippen molar-refractivity contribution >= 4 is 35.0 Å². The van der Waals surface area contributed by atoms with Gasteiger partial charge in [0.25, 0.3) is 0 Å². The molecule has 0 saturated carbocycles. The van der Waals surface area contributed by atoms with E-state index in [1.165, 1.54) is 7.11 Å². The number of allylic oxidation sites excluding steroid dienone is 3. The number of anilines is 2. The monoisotopic (exact) mass is 396 g/mol. The fourth-order valence-corrected chi connectivity index (χ4v) is 3.71. The van der Waals surface area contributed by atoms with E-state index in [4.69, 9.17) is 22.1 Å². The summed E-state index contributed by atoms with van der Waals surface area (Å²) in [6, 6.07) is 11.7. The number of nitrogens with two attached hydrogens (primary N) is 1. The molecule has 1 aliphatic carbocycles. The zero-order chi connectivity index (χ0) is 20.1. The number of esters is 1. The molecular weight excluding hydrogens is 372 g/mol. The predicted molar refractivity (Wildman–Crippen MR) is 116 cm³/mol. The number of methoxy groups -OCH3 is 1. The predicted octanol–water partition coefficient (Wildman–Crippen LogP) is 5.01. The van der Waals surface area contributed by atoms with Crippen molar-refractivity contribution in [3.05, 3.63) is 76.3 Å². The molecule has 0 bridgehead atoms. The zero-order valence-electron chi connectivity index (χ0n) is 16.2. The lowest BCUT2D eigenvalue weighted by Crippen LogP contribution is -2.35. The first-order valence-electron chi connectivity index (χ1n) is 9.32. The number of carbonyl (C=O) groups is 1. The molecule has 1 aliphatic rings. The van der Waals surface area contributed by atoms with Crippen LogP contribution >= 0.6 is 11.6 Å². The number of nitrogen functional groups attached to an aromatic ring is 1. The second kappa shape index (κ2) is 8.98. The van der Waals surface area contributed by atoms with Gasteiger partial charge in [-0.3, -0.25) is 4.79 Å². The lowest BCUT2D eigenvalue weighted by atomic mass is 9.98. The van der Waals surface area contributed by atoms with Gasteiger partial charge in [-0.05, 0) is 48.7 Å². The van der Waals surface area contributed by atoms with Crippen molar-refractivity contribution in [3.8, 4) is 0 Å². The average Bonchev–Trinajstić information content (AvgIpc) is 2.93. The number of hydrogen-bond donors (Lipinski definition) is 1. The van der Waals surface area contributed by atoms with Crippen LogP contribution < -0.4 is 10.6 Å². The van der Waals surface area contributed by atoms with E-state index in [1.54, 1.807) is 0 Å². The molecule has 4 nitrogen and oxygen atoms in total. The molecule has 0 aromatic heterocycles. The third-order valence-electron chi connectivity index (χ3n) is 4.98. The molecule has 146 valence electrons. The summed E-state index contributed by atoms with van der Waals surface area (Å²) in [6.07, 6.45) is 9.30. The molecule has 3 rings (SSSR count). The maximum absolute atomic E-state index is 11.9. The number of hydrogen-bond acceptors (Lipinski definition) is 4. The Balaban J connectivity index is 2.05. The lowest BCUT2D eigenvalue weighted by molar-refractivity contribution is -0.140. The smallest absolute Gasteiger partial charge is 0.307 e. The zero-order valence-corrected chi connectivity index (χ0v) is 16.9. The summed E-state index contributed by atoms with van der Waals surface area (Å²) in [5.41, 5.74) is 11.3. The van der Waals surface area contributed by atoms with E-state index in [0.29, 0.717) is 11.6 Å². The first-order valence-corrected chi connectivity index (χ1v) is 9.70. The Labute approximate surface area is 171 Å². The van der Waals surface area contributed by atoms with Gasteiger partial charge in [-0.1, -0.05) is 48.0 Å². The highest BCUT2D eigenvalue weighted by Crippen LogP contribution is 2.34. The number of carbonyl (C=O) groups excluding carboxylic acids is 1. The fraction of sp³-hybridized carbons (Fsp3) is 0.261. The van der Waals surface area contributed by atoms with Crippen LogP contribution in [0.3, 0.4) is 0 Å². The molecule has 5 heteroatoms. The van der Waals surface area contributed by atoms with Gasteiger partial charge in [0.05, 0.1) is 13.5 Å². The molecule has 2 aromatic carbocycles. The highest BCUT2D eigenvalue weighted by atomic mass is 35.5. The van der Waals surface area contributed by atoms with Crippen molar-refractivity contribution in [2.45, 2.75) is 32.4 Å². The topological polar surface area (TPSA) is 55.6 Å². The van der Waals surface area contributed by atoms with Crippen LogP contribution in [0.5, 0.6) is 0 Å². The molecule has 0 saturated heterocycles. The molecule has 28 heavy (non-hydrogen) atoms. The summed E-state index contributed by atoms with van der Waals surface area (Å²) in [4.78, 5) is 14.2. The molecule has 2 aromatic rings. The maximum Gasteiger partial charge on any atom is 0.307 e. The summed E-state index contributed by atoms with van der Waals surface area (Å²) in [7, 11) is 1.42. The Kier molecular flexibility index (Phi) is 6.42. The van der Waals surface area contributed by atoms with E-state index in [-0.39, 0.29) is 18.4 Å². The van der Waals surface area contributed by atoms with Crippen molar-refractivity contribution in [1.29, 1.82) is 0 Å². The Morgan fingerprint density at radius 1 is 1.29 bits per heavy atom. The van der Waals surface area contributed by atoms with Crippen molar-refractivity contribution in [2.75, 3.05) is 17.7 Å². The largest absolute Gasteiger partial charge is 0.469 e. The summed E-state index contributed by atoms with van der Waals surface area (Å²) in [5.74, 6) is -0.234. The van der Waals surface area contributed by atoms with Crippen molar-refractivity contribution in [1.82, 2.24) is 0 Å². The van der Waals surface area contributed by atoms with E-state index in [1.807, 2.05) is 55.5 Å². The van der Waals surface area contributed by atoms with Crippen LogP contribution in [0.2, 0.25) is 5.02 Å². The summed E-state index contributed by atoms with van der Waals surface area (Å²) in [6.45, 7) is 2.65. The summed E-state index contributed by atoms with van der Waals surface area (Å²) >= 11 is 6.19. The quantitative estimate of drug-likeness (QED) is 0.551. The van der Waals surface area contributed by atoms with Crippen molar-refractivity contribution in [3.63, 3.8) is 0 Å². The molecule has 0 radical (unpaired) electrons. The van der Waals surface area contributed by atoms with Crippen LogP contribution in [-0.4, -0.2) is 19.1 Å². The van der Waals surface area contributed by atoms with Crippen molar-refractivity contribution < 1.29 is 9.53 Å². The first kappa shape index (κ1) is 20.0. The van der Waals surface area contributed by atoms with Gasteiger partial charge >= 0.3 is 5.97 Å². The highest BCUT2D eigenvalue weighted by Gasteiger charge is 2.22. The first-order chi connectivity index (χ1) is 13.5. The SMILES string of the molecule is COC(=O)CC(C)N(Cc1cccc(Cl)c1)c1ccc(N)c2c1C=CC=CC2. The maximum atomic E-state index is 11.9. The van der Waals surface area contributed by atoms with Crippen LogP contribution in [0.1, 0.15) is 30.0 Å². The van der Waals surface area contributed by atoms with E-state index in [9.17, 15) is 4.79 Å². The molecule has 0 amide bonds. The van der Waals surface area contributed by atoms with Gasteiger partial charge < -0.3 is 15.4 Å². The van der Waals surface area contributed by atoms with Gasteiger partial charge in [-0.15, -0.1) is 0 Å². The number of fused-ring (bicyclic) bond motifs is 1. The normalized spacial score (nSPS) is 13.5. The van der Waals surface area contributed by atoms with Crippen LogP contribution in [0.15, 0.2) is 54.6 Å². The minimum Gasteiger partial charge on any atom is -0.469 e. The fourth-order valence-electron chi connectivity index (χ4n) is 3.49. The number of rotatable bonds is 6. The van der Waals surface area contributed by atoms with Gasteiger partial charge in [-0.25, -0.2) is 0 Å². The van der Waals surface area contributed by atoms with E-state index < -0.39 is 0 Å². The third-order valence-corrected chi connectivity index (χ3v) is 5.21. The van der Waals surface area contributed by atoms with Crippen LogP contribution in [-0.2, 0) is 22.5 Å². The standard InChI is InChI=1S/C23H25ClN2O2/c1-16(13-23(27)28-2)26(15-17-7-6-8-18(24)14-17)22-12-11-21(25)19-9-4-3-5-10-20(19)22/h3-8,10-12,14,16H,9,13,15,25H2,1-2H3. The van der Waals surface area contributed by atoms with E-state index in [2.05, 4.69) is 17.1 Å². The van der Waals surface area contributed by atoms with E-state index in [0.717, 1.165) is 34.5 Å². The number of benzene rings is 2. The second-order valence-electron chi connectivity index (χ2n) is 6.94. The molecule has 2 N–H and O–H groups in total. The van der Waals surface area contributed by atoms with Crippen LogP contribution in [0.4, 0.5) is 11.4 Å². The summed E-state index contributed by atoms with van der Waals surface area (Å²) in [5, 5.41) is 0.693. The minimum absolute atomic E-state index is 0.0660. The highest BCUT2D eigenvalue weighted by molar-refractivity contribution is 6.30. The Morgan fingerprint density at radius 3 is 2.86 bits per heavy atom. The molecule has 0 aliphatic heterocycles. The Morgan fingerprint density at radius 2 is 2.11 bits per heavy atom. The Bertz CT molecular complexity index is 921. The average molecular weight is 397 g/mol. The van der Waals surface area contributed by atoms with Crippen LogP contribution in [0, 0.1) is 0 Å². The van der Waals surface area contributed by atoms with Gasteiger partial charge in [0.15, 0.2) is 0 Å². The van der Waals surface area contributed by atoms with Gasteiger partial charge in [0.1, 0.15) is 0 Å². The minimum atomic E-state index is -0.234. The van der Waals surface area contributed by atoms with Gasteiger partial charge in [0.2, 0.25) is 0 Å². The van der Waals surface area contributed by atoms with Crippen LogP contribution in [0.25, 0.3) is 6.08 Å². The Hall–Kier alpha value is -2.72. The molecule has 0 spiro atoms. The molecule has 1 unspecified atom stereocenters. The molecule has 1 atom stereocenters. The molecular formula is C23H25ClN2O2. The molecule has 0 heterocycles. The summed E-state index contributed by atoms with van der Waals surface area (Å²) < 4.78 is 4.90. The van der Waals surface area contributed by atoms with Gasteiger partial charge in [-0.2, -0.15) is 0 Å². The molecule has 0 fully saturated rings. The number of halogens is 1. The number of nitrogens with zero attached hydrogens (tertiary/aromatic N) is 1. The van der Waals surface area contributed by atoms with E-state index >= 15 is 0 Å². The van der Waals surface area contributed by atoms with Crippen molar-refractivity contribution in [2.24, 2.45) is 0 Å². The second-order valence-corrected chi connectivity index (χ2v) is 7.38. The van der Waals surface area contributed by atoms with Gasteiger partial charge in [0, 0.05) is 34.5 Å².